The molecule has 1 rings (SSSR count). The van der Waals surface area contributed by atoms with E-state index in [-0.39, 0.29) is 6.54 Å². The highest BCUT2D eigenvalue weighted by Crippen LogP contribution is 2.09. The number of halogens is 1. The topological polar surface area (TPSA) is 62.3 Å². The lowest BCUT2D eigenvalue weighted by Crippen LogP contribution is -2.36. The van der Waals surface area contributed by atoms with E-state index in [9.17, 15) is 12.8 Å². The van der Waals surface area contributed by atoms with Crippen LogP contribution in [-0.2, 0) is 10.0 Å². The predicted octanol–water partition coefficient (Wildman–Crippen LogP) is 0.839. The molecule has 0 aromatic carbocycles. The van der Waals surface area contributed by atoms with Gasteiger partial charge in [0.05, 0.1) is 0 Å². The van der Waals surface area contributed by atoms with Crippen molar-refractivity contribution in [3.63, 3.8) is 0 Å². The molecule has 1 N–H and O–H groups in total. The van der Waals surface area contributed by atoms with Crippen LogP contribution in [0.4, 0.5) is 4.39 Å². The molecule has 1 heterocycles. The first kappa shape index (κ1) is 15.0. The first-order valence-corrected chi connectivity index (χ1v) is 7.13. The Morgan fingerprint density at radius 1 is 1.50 bits per heavy atom. The van der Waals surface area contributed by atoms with Crippen molar-refractivity contribution in [1.82, 2.24) is 14.6 Å². The van der Waals surface area contributed by atoms with E-state index in [1.165, 1.54) is 12.3 Å². The van der Waals surface area contributed by atoms with Gasteiger partial charge in [0.1, 0.15) is 0 Å². The molecule has 0 fully saturated rings. The molecule has 0 saturated heterocycles. The van der Waals surface area contributed by atoms with Crippen LogP contribution in [0.3, 0.4) is 0 Å². The number of likely N-dealkylation sites (N-methyl/N-ethyl adjacent to an activating group) is 1. The van der Waals surface area contributed by atoms with Crippen molar-refractivity contribution in [3.05, 3.63) is 24.1 Å². The zero-order valence-electron chi connectivity index (χ0n) is 10.7. The van der Waals surface area contributed by atoms with Crippen LogP contribution in [0, 0.1) is 5.82 Å². The van der Waals surface area contributed by atoms with Gasteiger partial charge in [-0.1, -0.05) is 0 Å². The Morgan fingerprint density at radius 2 is 2.17 bits per heavy atom. The van der Waals surface area contributed by atoms with Gasteiger partial charge >= 0.3 is 0 Å². The number of hydrogen-bond acceptors (Lipinski definition) is 4. The van der Waals surface area contributed by atoms with E-state index in [1.807, 2.05) is 25.8 Å². The minimum atomic E-state index is -3.88. The normalized spacial score (nSPS) is 12.3. The van der Waals surface area contributed by atoms with E-state index in [4.69, 9.17) is 0 Å². The molecular weight excluding hydrogens is 257 g/mol. The zero-order chi connectivity index (χ0) is 13.8. The van der Waals surface area contributed by atoms with Crippen LogP contribution >= 0.6 is 0 Å². The van der Waals surface area contributed by atoms with Crippen molar-refractivity contribution in [2.24, 2.45) is 0 Å². The molecule has 7 heteroatoms. The van der Waals surface area contributed by atoms with Crippen LogP contribution in [0.1, 0.15) is 13.8 Å². The molecule has 0 spiro atoms. The Balaban J connectivity index is 2.64. The predicted molar refractivity (Wildman–Crippen MR) is 67.1 cm³/mol. The molecule has 0 saturated carbocycles. The first-order valence-electron chi connectivity index (χ1n) is 5.65. The number of nitrogens with zero attached hydrogens (tertiary/aromatic N) is 2. The minimum Gasteiger partial charge on any atom is -0.303 e. The van der Waals surface area contributed by atoms with Gasteiger partial charge in [-0.05, 0) is 33.0 Å². The molecule has 18 heavy (non-hydrogen) atoms. The van der Waals surface area contributed by atoms with E-state index >= 15 is 0 Å². The second-order valence-corrected chi connectivity index (χ2v) is 5.94. The molecule has 0 amide bonds. The van der Waals surface area contributed by atoms with Crippen molar-refractivity contribution in [2.75, 3.05) is 20.1 Å². The summed E-state index contributed by atoms with van der Waals surface area (Å²) in [5.41, 5.74) is 0. The van der Waals surface area contributed by atoms with Gasteiger partial charge in [0.2, 0.25) is 5.03 Å². The standard InChI is InChI=1S/C11H18FN3O2S/c1-9(2)15(3)8-7-14-18(16,17)11-10(12)5-4-6-13-11/h4-6,9,14H,7-8H2,1-3H3. The van der Waals surface area contributed by atoms with E-state index in [1.54, 1.807) is 0 Å². The van der Waals surface area contributed by atoms with Crippen molar-refractivity contribution in [1.29, 1.82) is 0 Å². The van der Waals surface area contributed by atoms with Crippen LogP contribution < -0.4 is 4.72 Å². The molecule has 102 valence electrons. The van der Waals surface area contributed by atoms with Gasteiger partial charge in [-0.15, -0.1) is 0 Å². The summed E-state index contributed by atoms with van der Waals surface area (Å²) in [7, 11) is -1.99. The van der Waals surface area contributed by atoms with Crippen LogP contribution in [-0.4, -0.2) is 44.5 Å². The van der Waals surface area contributed by atoms with Gasteiger partial charge in [0, 0.05) is 25.3 Å². The molecule has 0 aliphatic rings. The van der Waals surface area contributed by atoms with Crippen LogP contribution in [0.5, 0.6) is 0 Å². The fourth-order valence-corrected chi connectivity index (χ4v) is 2.27. The van der Waals surface area contributed by atoms with Gasteiger partial charge in [-0.3, -0.25) is 0 Å². The second-order valence-electron chi connectivity index (χ2n) is 4.26. The summed E-state index contributed by atoms with van der Waals surface area (Å²) < 4.78 is 39.2. The number of pyridine rings is 1. The smallest absolute Gasteiger partial charge is 0.261 e. The molecule has 0 aliphatic carbocycles. The quantitative estimate of drug-likeness (QED) is 0.835. The van der Waals surface area contributed by atoms with E-state index in [2.05, 4.69) is 9.71 Å². The number of rotatable bonds is 6. The van der Waals surface area contributed by atoms with Crippen molar-refractivity contribution >= 4 is 10.0 Å². The molecule has 0 radical (unpaired) electrons. The highest BCUT2D eigenvalue weighted by molar-refractivity contribution is 7.89. The van der Waals surface area contributed by atoms with Crippen molar-refractivity contribution < 1.29 is 12.8 Å². The van der Waals surface area contributed by atoms with Crippen molar-refractivity contribution in [2.45, 2.75) is 24.9 Å². The maximum Gasteiger partial charge on any atom is 0.261 e. The third-order valence-electron chi connectivity index (χ3n) is 2.62. The summed E-state index contributed by atoms with van der Waals surface area (Å²) in [5, 5.41) is -0.558. The van der Waals surface area contributed by atoms with Gasteiger partial charge in [-0.25, -0.2) is 22.5 Å². The lowest BCUT2D eigenvalue weighted by molar-refractivity contribution is 0.278. The van der Waals surface area contributed by atoms with E-state index in [0.29, 0.717) is 12.6 Å². The molecule has 0 aliphatic heterocycles. The number of hydrogen-bond donors (Lipinski definition) is 1. The van der Waals surface area contributed by atoms with E-state index in [0.717, 1.165) is 6.07 Å². The fourth-order valence-electron chi connectivity index (χ4n) is 1.25. The lowest BCUT2D eigenvalue weighted by Gasteiger charge is -2.20. The van der Waals surface area contributed by atoms with Gasteiger partial charge in [-0.2, -0.15) is 0 Å². The molecule has 1 aromatic heterocycles. The molecule has 0 atom stereocenters. The monoisotopic (exact) mass is 275 g/mol. The molecule has 1 aromatic rings. The summed E-state index contributed by atoms with van der Waals surface area (Å²) >= 11 is 0. The van der Waals surface area contributed by atoms with Crippen molar-refractivity contribution in [3.8, 4) is 0 Å². The lowest BCUT2D eigenvalue weighted by atomic mass is 10.3. The Morgan fingerprint density at radius 3 is 2.72 bits per heavy atom. The summed E-state index contributed by atoms with van der Waals surface area (Å²) in [6, 6.07) is 2.74. The average molecular weight is 275 g/mol. The van der Waals surface area contributed by atoms with Gasteiger partial charge in [0.15, 0.2) is 5.82 Å². The fraction of sp³-hybridized carbons (Fsp3) is 0.545. The summed E-state index contributed by atoms with van der Waals surface area (Å²) in [4.78, 5) is 5.53. The largest absolute Gasteiger partial charge is 0.303 e. The maximum atomic E-state index is 13.3. The van der Waals surface area contributed by atoms with Crippen LogP contribution in [0.25, 0.3) is 0 Å². The highest BCUT2D eigenvalue weighted by atomic mass is 32.2. The van der Waals surface area contributed by atoms with Gasteiger partial charge in [0.25, 0.3) is 10.0 Å². The summed E-state index contributed by atoms with van der Waals surface area (Å²) in [6.07, 6.45) is 1.25. The Bertz CT molecular complexity index is 491. The third kappa shape index (κ3) is 4.01. The number of sulfonamides is 1. The highest BCUT2D eigenvalue weighted by Gasteiger charge is 2.19. The number of aromatic nitrogens is 1. The first-order chi connectivity index (χ1) is 8.34. The second kappa shape index (κ2) is 6.21. The average Bonchev–Trinajstić information content (AvgIpc) is 2.28. The molecule has 5 nitrogen and oxygen atoms in total. The third-order valence-corrected chi connectivity index (χ3v) is 4.01. The Labute approximate surface area is 107 Å². The SMILES string of the molecule is CC(C)N(C)CCNS(=O)(=O)c1ncccc1F. The minimum absolute atomic E-state index is 0.215. The Hall–Kier alpha value is -1.05. The molecule has 0 bridgehead atoms. The van der Waals surface area contributed by atoms with Crippen LogP contribution in [0.15, 0.2) is 23.4 Å². The Kier molecular flexibility index (Phi) is 5.18. The zero-order valence-corrected chi connectivity index (χ0v) is 11.5. The molecule has 0 unspecified atom stereocenters. The summed E-state index contributed by atoms with van der Waals surface area (Å²) in [5.74, 6) is -0.845. The van der Waals surface area contributed by atoms with E-state index < -0.39 is 20.9 Å². The molecular formula is C11H18FN3O2S. The number of nitrogens with one attached hydrogen (secondary N) is 1. The van der Waals surface area contributed by atoms with Gasteiger partial charge < -0.3 is 4.90 Å². The summed E-state index contributed by atoms with van der Waals surface area (Å²) in [6.45, 7) is 4.78. The maximum absolute atomic E-state index is 13.3. The van der Waals surface area contributed by atoms with Crippen LogP contribution in [0.2, 0.25) is 0 Å².